The van der Waals surface area contributed by atoms with Crippen LogP contribution in [0.25, 0.3) is 0 Å². The first-order chi connectivity index (χ1) is 8.08. The molecule has 1 heterocycles. The van der Waals surface area contributed by atoms with E-state index in [-0.39, 0.29) is 11.9 Å². The van der Waals surface area contributed by atoms with Gasteiger partial charge in [0, 0.05) is 18.0 Å². The quantitative estimate of drug-likeness (QED) is 0.560. The summed E-state index contributed by atoms with van der Waals surface area (Å²) in [6.07, 6.45) is 3.42. The molecule has 94 valence electrons. The lowest BCUT2D eigenvalue weighted by Gasteiger charge is -2.12. The van der Waals surface area contributed by atoms with Gasteiger partial charge in [0.1, 0.15) is 0 Å². The SMILES string of the molecule is CSCC(C)NC(=O)c1cnc(NN)c(Cl)c1. The fourth-order valence-corrected chi connectivity index (χ4v) is 2.07. The Morgan fingerprint density at radius 1 is 1.71 bits per heavy atom. The van der Waals surface area contributed by atoms with Crippen molar-refractivity contribution >= 4 is 35.1 Å². The molecular weight excluding hydrogens is 260 g/mol. The van der Waals surface area contributed by atoms with Gasteiger partial charge < -0.3 is 10.7 Å². The van der Waals surface area contributed by atoms with Crippen molar-refractivity contribution in [3.8, 4) is 0 Å². The Bertz CT molecular complexity index is 402. The highest BCUT2D eigenvalue weighted by Crippen LogP contribution is 2.18. The molecule has 0 aliphatic rings. The van der Waals surface area contributed by atoms with E-state index in [0.717, 1.165) is 5.75 Å². The second-order valence-corrected chi connectivity index (χ2v) is 4.85. The van der Waals surface area contributed by atoms with Gasteiger partial charge in [0.2, 0.25) is 0 Å². The van der Waals surface area contributed by atoms with Gasteiger partial charge in [-0.2, -0.15) is 11.8 Å². The second kappa shape index (κ2) is 6.68. The summed E-state index contributed by atoms with van der Waals surface area (Å²) in [5.41, 5.74) is 2.76. The number of nitrogens with two attached hydrogens (primary N) is 1. The molecule has 0 aromatic carbocycles. The van der Waals surface area contributed by atoms with Gasteiger partial charge in [0.05, 0.1) is 10.6 Å². The van der Waals surface area contributed by atoms with Crippen LogP contribution in [0.1, 0.15) is 17.3 Å². The average Bonchev–Trinajstić information content (AvgIpc) is 2.29. The number of hydrogen-bond acceptors (Lipinski definition) is 5. The molecule has 0 saturated heterocycles. The topological polar surface area (TPSA) is 80.0 Å². The highest BCUT2D eigenvalue weighted by atomic mass is 35.5. The van der Waals surface area contributed by atoms with Gasteiger partial charge in [-0.05, 0) is 19.2 Å². The van der Waals surface area contributed by atoms with Crippen molar-refractivity contribution in [3.63, 3.8) is 0 Å². The molecule has 1 aromatic heterocycles. The third-order valence-electron chi connectivity index (χ3n) is 2.03. The highest BCUT2D eigenvalue weighted by Gasteiger charge is 2.11. The number of anilines is 1. The summed E-state index contributed by atoms with van der Waals surface area (Å²) >= 11 is 7.56. The minimum Gasteiger partial charge on any atom is -0.349 e. The lowest BCUT2D eigenvalue weighted by atomic mass is 10.2. The molecule has 5 nitrogen and oxygen atoms in total. The number of carbonyl (C=O) groups excluding carboxylic acids is 1. The third-order valence-corrected chi connectivity index (χ3v) is 3.16. The van der Waals surface area contributed by atoms with E-state index in [1.165, 1.54) is 12.3 Å². The van der Waals surface area contributed by atoms with E-state index in [2.05, 4.69) is 15.7 Å². The van der Waals surface area contributed by atoms with Crippen molar-refractivity contribution in [3.05, 3.63) is 22.8 Å². The molecule has 0 fully saturated rings. The van der Waals surface area contributed by atoms with E-state index in [0.29, 0.717) is 16.4 Å². The van der Waals surface area contributed by atoms with Gasteiger partial charge in [-0.25, -0.2) is 10.8 Å². The number of hydrazine groups is 1. The molecule has 0 saturated carbocycles. The maximum atomic E-state index is 11.8. The van der Waals surface area contributed by atoms with E-state index in [4.69, 9.17) is 17.4 Å². The third kappa shape index (κ3) is 4.07. The fourth-order valence-electron chi connectivity index (χ4n) is 1.27. The van der Waals surface area contributed by atoms with Crippen LogP contribution >= 0.6 is 23.4 Å². The van der Waals surface area contributed by atoms with E-state index >= 15 is 0 Å². The van der Waals surface area contributed by atoms with Gasteiger partial charge in [-0.15, -0.1) is 0 Å². The number of hydrogen-bond donors (Lipinski definition) is 3. The van der Waals surface area contributed by atoms with Crippen LogP contribution in [0.4, 0.5) is 5.82 Å². The minimum atomic E-state index is -0.190. The fraction of sp³-hybridized carbons (Fsp3) is 0.400. The first kappa shape index (κ1) is 14.1. The Kier molecular flexibility index (Phi) is 5.54. The maximum absolute atomic E-state index is 11.8. The molecule has 0 aliphatic carbocycles. The number of nitrogens with one attached hydrogen (secondary N) is 2. The van der Waals surface area contributed by atoms with Crippen LogP contribution in [-0.4, -0.2) is 28.9 Å². The number of carbonyl (C=O) groups is 1. The van der Waals surface area contributed by atoms with Crippen LogP contribution < -0.4 is 16.6 Å². The predicted molar refractivity (Wildman–Crippen MR) is 72.4 cm³/mol. The Labute approximate surface area is 109 Å². The summed E-state index contributed by atoms with van der Waals surface area (Å²) in [7, 11) is 0. The smallest absolute Gasteiger partial charge is 0.253 e. The predicted octanol–water partition coefficient (Wildman–Crippen LogP) is 1.50. The summed E-state index contributed by atoms with van der Waals surface area (Å²) in [5.74, 6) is 6.21. The van der Waals surface area contributed by atoms with E-state index < -0.39 is 0 Å². The highest BCUT2D eigenvalue weighted by molar-refractivity contribution is 7.98. The second-order valence-electron chi connectivity index (χ2n) is 3.53. The molecule has 0 spiro atoms. The summed E-state index contributed by atoms with van der Waals surface area (Å²) in [6, 6.07) is 1.63. The molecule has 1 atom stereocenters. The minimum absolute atomic E-state index is 0.101. The first-order valence-electron chi connectivity index (χ1n) is 5.00. The normalized spacial score (nSPS) is 12.0. The van der Waals surface area contributed by atoms with E-state index in [9.17, 15) is 4.79 Å². The van der Waals surface area contributed by atoms with E-state index in [1.54, 1.807) is 11.8 Å². The van der Waals surface area contributed by atoms with Crippen molar-refractivity contribution in [2.24, 2.45) is 5.84 Å². The first-order valence-corrected chi connectivity index (χ1v) is 6.77. The van der Waals surface area contributed by atoms with Gasteiger partial charge in [-0.1, -0.05) is 11.6 Å². The van der Waals surface area contributed by atoms with Crippen molar-refractivity contribution in [1.82, 2.24) is 10.3 Å². The van der Waals surface area contributed by atoms with Gasteiger partial charge >= 0.3 is 0 Å². The zero-order chi connectivity index (χ0) is 12.8. The summed E-state index contributed by atoms with van der Waals surface area (Å²) in [5, 5.41) is 3.17. The number of rotatable bonds is 5. The van der Waals surface area contributed by atoms with Crippen LogP contribution in [-0.2, 0) is 0 Å². The van der Waals surface area contributed by atoms with Crippen molar-refractivity contribution in [2.45, 2.75) is 13.0 Å². The van der Waals surface area contributed by atoms with Crippen LogP contribution in [0, 0.1) is 0 Å². The number of nitrogens with zero attached hydrogens (tertiary/aromatic N) is 1. The molecule has 1 amide bonds. The maximum Gasteiger partial charge on any atom is 0.253 e. The Morgan fingerprint density at radius 3 is 2.94 bits per heavy atom. The molecule has 1 unspecified atom stereocenters. The molecule has 0 bridgehead atoms. The molecule has 1 rings (SSSR count). The molecule has 0 radical (unpaired) electrons. The zero-order valence-corrected chi connectivity index (χ0v) is 11.2. The molecule has 17 heavy (non-hydrogen) atoms. The standard InChI is InChI=1S/C10H15ClN4OS/c1-6(5-17-2)14-10(16)7-3-8(11)9(15-12)13-4-7/h3-4,6H,5,12H2,1-2H3,(H,13,15)(H,14,16). The van der Waals surface area contributed by atoms with Gasteiger partial charge in [0.15, 0.2) is 5.82 Å². The molecule has 4 N–H and O–H groups in total. The van der Waals surface area contributed by atoms with Crippen molar-refractivity contribution in [2.75, 3.05) is 17.4 Å². The number of halogens is 1. The van der Waals surface area contributed by atoms with Gasteiger partial charge in [-0.3, -0.25) is 4.79 Å². The number of amides is 1. The largest absolute Gasteiger partial charge is 0.349 e. The van der Waals surface area contributed by atoms with Crippen LogP contribution in [0.5, 0.6) is 0 Å². The van der Waals surface area contributed by atoms with Crippen LogP contribution in [0.2, 0.25) is 5.02 Å². The Morgan fingerprint density at radius 2 is 2.41 bits per heavy atom. The monoisotopic (exact) mass is 274 g/mol. The molecular formula is C10H15ClN4OS. The Balaban J connectivity index is 2.72. The number of thioether (sulfide) groups is 1. The van der Waals surface area contributed by atoms with Crippen LogP contribution in [0.3, 0.4) is 0 Å². The summed E-state index contributed by atoms with van der Waals surface area (Å²) in [6.45, 7) is 1.94. The van der Waals surface area contributed by atoms with Crippen molar-refractivity contribution < 1.29 is 4.79 Å². The van der Waals surface area contributed by atoms with Crippen LogP contribution in [0.15, 0.2) is 12.3 Å². The molecule has 0 aliphatic heterocycles. The van der Waals surface area contributed by atoms with Gasteiger partial charge in [0.25, 0.3) is 5.91 Å². The summed E-state index contributed by atoms with van der Waals surface area (Å²) in [4.78, 5) is 15.7. The number of nitrogen functional groups attached to an aromatic ring is 1. The average molecular weight is 275 g/mol. The summed E-state index contributed by atoms with van der Waals surface area (Å²) < 4.78 is 0. The lowest BCUT2D eigenvalue weighted by molar-refractivity contribution is 0.0943. The molecule has 1 aromatic rings. The number of pyridine rings is 1. The lowest BCUT2D eigenvalue weighted by Crippen LogP contribution is -2.34. The van der Waals surface area contributed by atoms with Crippen molar-refractivity contribution in [1.29, 1.82) is 0 Å². The number of aromatic nitrogens is 1. The van der Waals surface area contributed by atoms with E-state index in [1.807, 2.05) is 13.2 Å². The Hall–Kier alpha value is -0.980. The molecule has 7 heteroatoms. The zero-order valence-electron chi connectivity index (χ0n) is 9.66.